The third kappa shape index (κ3) is 5.75. The molecule has 160 valence electrons. The number of thioether (sulfide) groups is 1. The van der Waals surface area contributed by atoms with Crippen LogP contribution in [0, 0.1) is 0 Å². The van der Waals surface area contributed by atoms with E-state index in [1.807, 2.05) is 18.5 Å². The van der Waals surface area contributed by atoms with Crippen LogP contribution in [0.3, 0.4) is 0 Å². The summed E-state index contributed by atoms with van der Waals surface area (Å²) in [7, 11) is 1.85. The number of nitrogen functional groups attached to an aromatic ring is 1. The zero-order valence-electron chi connectivity index (χ0n) is 17.3. The fourth-order valence-corrected chi connectivity index (χ4v) is 3.76. The fourth-order valence-electron chi connectivity index (χ4n) is 2.95. The molecular weight excluding hydrogens is 392 g/mol. The first-order chi connectivity index (χ1) is 13.9. The number of amides is 1. The number of anilines is 2. The van der Waals surface area contributed by atoms with Crippen molar-refractivity contribution in [1.82, 2.24) is 19.1 Å². The van der Waals surface area contributed by atoms with Crippen LogP contribution in [-0.4, -0.2) is 37.3 Å². The van der Waals surface area contributed by atoms with Crippen LogP contribution in [0.25, 0.3) is 0 Å². The van der Waals surface area contributed by atoms with Gasteiger partial charge in [-0.2, -0.15) is 0 Å². The molecule has 0 radical (unpaired) electrons. The number of carbonyl (C=O) groups excluding carboxylic acids is 1. The number of nitrogens with one attached hydrogen (secondary N) is 1. The summed E-state index contributed by atoms with van der Waals surface area (Å²) in [5, 5.41) is 0.710. The summed E-state index contributed by atoms with van der Waals surface area (Å²) in [6.07, 6.45) is 7.72. The Morgan fingerprint density at radius 3 is 2.59 bits per heavy atom. The number of aromatic amines is 1. The second-order valence-corrected chi connectivity index (χ2v) is 7.80. The lowest BCUT2D eigenvalue weighted by atomic mass is 10.2. The second-order valence-electron chi connectivity index (χ2n) is 6.86. The van der Waals surface area contributed by atoms with Gasteiger partial charge in [-0.3, -0.25) is 19.1 Å². The lowest BCUT2D eigenvalue weighted by Gasteiger charge is -2.24. The van der Waals surface area contributed by atoms with Crippen molar-refractivity contribution in [3.8, 4) is 0 Å². The Bertz CT molecular complexity index is 933. The van der Waals surface area contributed by atoms with Gasteiger partial charge in [0.2, 0.25) is 5.91 Å². The third-order valence-corrected chi connectivity index (χ3v) is 5.65. The number of hydrogen-bond donors (Lipinski definition) is 2. The minimum atomic E-state index is -0.632. The van der Waals surface area contributed by atoms with E-state index in [2.05, 4.69) is 16.9 Å². The normalized spacial score (nSPS) is 11.0. The van der Waals surface area contributed by atoms with Gasteiger partial charge < -0.3 is 15.2 Å². The molecule has 0 saturated carbocycles. The summed E-state index contributed by atoms with van der Waals surface area (Å²) < 4.78 is 3.16. The highest BCUT2D eigenvalue weighted by Crippen LogP contribution is 2.21. The molecule has 0 aliphatic carbocycles. The molecule has 2 rings (SSSR count). The minimum absolute atomic E-state index is 0.0408. The average molecular weight is 423 g/mol. The van der Waals surface area contributed by atoms with Crippen molar-refractivity contribution in [1.29, 1.82) is 0 Å². The van der Waals surface area contributed by atoms with Crippen LogP contribution in [0.15, 0.2) is 27.1 Å². The Labute approximate surface area is 174 Å². The van der Waals surface area contributed by atoms with Gasteiger partial charge in [0, 0.05) is 32.5 Å². The number of imidazole rings is 1. The van der Waals surface area contributed by atoms with Crippen LogP contribution in [-0.2, 0) is 18.4 Å². The van der Waals surface area contributed by atoms with E-state index in [1.54, 1.807) is 12.4 Å². The number of unbranched alkanes of at least 4 members (excludes halogenated alkanes) is 3. The van der Waals surface area contributed by atoms with E-state index < -0.39 is 11.2 Å². The predicted octanol–water partition coefficient (Wildman–Crippen LogP) is 1.97. The summed E-state index contributed by atoms with van der Waals surface area (Å²) in [5.41, 5.74) is 5.09. The minimum Gasteiger partial charge on any atom is -0.383 e. The zero-order valence-corrected chi connectivity index (χ0v) is 18.1. The van der Waals surface area contributed by atoms with Crippen LogP contribution in [0.5, 0.6) is 0 Å². The molecule has 2 heterocycles. The van der Waals surface area contributed by atoms with E-state index in [-0.39, 0.29) is 23.2 Å². The molecule has 0 saturated heterocycles. The molecule has 0 fully saturated rings. The Morgan fingerprint density at radius 1 is 1.24 bits per heavy atom. The molecular formula is C19H30N6O3S. The molecule has 0 spiro atoms. The zero-order chi connectivity index (χ0) is 21.4. The summed E-state index contributed by atoms with van der Waals surface area (Å²) in [4.78, 5) is 45.8. The van der Waals surface area contributed by atoms with E-state index in [0.717, 1.165) is 32.1 Å². The molecule has 29 heavy (non-hydrogen) atoms. The Balaban J connectivity index is 2.35. The van der Waals surface area contributed by atoms with Crippen molar-refractivity contribution in [2.24, 2.45) is 7.05 Å². The van der Waals surface area contributed by atoms with Gasteiger partial charge in [-0.1, -0.05) is 44.9 Å². The highest BCUT2D eigenvalue weighted by molar-refractivity contribution is 7.99. The van der Waals surface area contributed by atoms with Gasteiger partial charge in [-0.15, -0.1) is 0 Å². The summed E-state index contributed by atoms with van der Waals surface area (Å²) in [5.74, 6) is -0.0877. The number of carbonyl (C=O) groups is 1. The van der Waals surface area contributed by atoms with Gasteiger partial charge in [-0.25, -0.2) is 9.78 Å². The van der Waals surface area contributed by atoms with Crippen molar-refractivity contribution in [3.63, 3.8) is 0 Å². The predicted molar refractivity (Wildman–Crippen MR) is 116 cm³/mol. The number of rotatable bonds is 11. The Hall–Kier alpha value is -2.49. The summed E-state index contributed by atoms with van der Waals surface area (Å²) in [6, 6.07) is 0. The molecule has 0 atom stereocenters. The molecule has 0 aliphatic heterocycles. The van der Waals surface area contributed by atoms with Crippen molar-refractivity contribution >= 4 is 29.2 Å². The van der Waals surface area contributed by atoms with Crippen LogP contribution >= 0.6 is 11.8 Å². The smallest absolute Gasteiger partial charge is 0.330 e. The van der Waals surface area contributed by atoms with Gasteiger partial charge in [0.1, 0.15) is 5.82 Å². The topological polar surface area (TPSA) is 119 Å². The molecule has 2 aromatic heterocycles. The molecule has 10 heteroatoms. The number of aromatic nitrogens is 4. The van der Waals surface area contributed by atoms with Gasteiger partial charge in [0.25, 0.3) is 5.56 Å². The first-order valence-corrected chi connectivity index (χ1v) is 10.9. The van der Waals surface area contributed by atoms with Crippen LogP contribution in [0.1, 0.15) is 46.0 Å². The third-order valence-electron chi connectivity index (χ3n) is 4.61. The number of hydrogen-bond acceptors (Lipinski definition) is 6. The van der Waals surface area contributed by atoms with Gasteiger partial charge in [0.05, 0.1) is 5.75 Å². The number of aryl methyl sites for hydroxylation is 1. The molecule has 3 N–H and O–H groups in total. The maximum Gasteiger partial charge on any atom is 0.330 e. The Kier molecular flexibility index (Phi) is 8.56. The molecule has 1 amide bonds. The average Bonchev–Trinajstić information content (AvgIpc) is 3.09. The standard InChI is InChI=1S/C19H30N6O3S/c1-4-6-8-11-24(14(26)13-29-19-21-9-12-23(19)3)15-16(20)25(10-7-5-2)18(28)22-17(15)27/h9,12H,4-8,10-11,13,20H2,1-3H3,(H,22,27,28). The molecule has 0 aliphatic rings. The quantitative estimate of drug-likeness (QED) is 0.422. The van der Waals surface area contributed by atoms with E-state index in [1.165, 1.54) is 21.2 Å². The van der Waals surface area contributed by atoms with Gasteiger partial charge in [-0.05, 0) is 12.8 Å². The van der Waals surface area contributed by atoms with Crippen molar-refractivity contribution < 1.29 is 4.79 Å². The first kappa shape index (κ1) is 22.8. The Morgan fingerprint density at radius 2 is 1.97 bits per heavy atom. The highest BCUT2D eigenvalue weighted by Gasteiger charge is 2.24. The van der Waals surface area contributed by atoms with Gasteiger partial charge in [0.15, 0.2) is 10.8 Å². The van der Waals surface area contributed by atoms with Crippen LogP contribution < -0.4 is 21.9 Å². The highest BCUT2D eigenvalue weighted by atomic mass is 32.2. The van der Waals surface area contributed by atoms with E-state index in [0.29, 0.717) is 18.2 Å². The van der Waals surface area contributed by atoms with Gasteiger partial charge >= 0.3 is 5.69 Å². The maximum atomic E-state index is 13.0. The molecule has 0 bridgehead atoms. The van der Waals surface area contributed by atoms with Crippen molar-refractivity contribution in [2.45, 2.75) is 57.7 Å². The maximum absolute atomic E-state index is 13.0. The second kappa shape index (κ2) is 10.9. The number of H-pyrrole nitrogens is 1. The number of nitrogens with two attached hydrogens (primary N) is 1. The van der Waals surface area contributed by atoms with Crippen molar-refractivity contribution in [3.05, 3.63) is 33.2 Å². The monoisotopic (exact) mass is 422 g/mol. The number of nitrogens with zero attached hydrogens (tertiary/aromatic N) is 4. The molecule has 2 aromatic rings. The lowest BCUT2D eigenvalue weighted by Crippen LogP contribution is -2.42. The molecule has 0 unspecified atom stereocenters. The van der Waals surface area contributed by atoms with Crippen molar-refractivity contribution in [2.75, 3.05) is 22.9 Å². The van der Waals surface area contributed by atoms with E-state index >= 15 is 0 Å². The van der Waals surface area contributed by atoms with Crippen LogP contribution in [0.4, 0.5) is 11.5 Å². The fraction of sp³-hybridized carbons (Fsp3) is 0.579. The van der Waals surface area contributed by atoms with E-state index in [9.17, 15) is 14.4 Å². The van der Waals surface area contributed by atoms with E-state index in [4.69, 9.17) is 5.73 Å². The molecule has 9 nitrogen and oxygen atoms in total. The first-order valence-electron chi connectivity index (χ1n) is 9.93. The SMILES string of the molecule is CCCCCN(C(=O)CSc1nccn1C)c1c(N)n(CCCC)c(=O)[nH]c1=O. The van der Waals surface area contributed by atoms with Crippen LogP contribution in [0.2, 0.25) is 0 Å². The largest absolute Gasteiger partial charge is 0.383 e. The summed E-state index contributed by atoms with van der Waals surface area (Å²) >= 11 is 1.30. The lowest BCUT2D eigenvalue weighted by molar-refractivity contribution is -0.116. The summed E-state index contributed by atoms with van der Waals surface area (Å²) in [6.45, 7) is 4.83. The molecule has 0 aromatic carbocycles.